The van der Waals surface area contributed by atoms with Gasteiger partial charge in [-0.05, 0) is 45.4 Å². The number of nitrogens with one attached hydrogen (secondary N) is 1. The van der Waals surface area contributed by atoms with Gasteiger partial charge in [-0.1, -0.05) is 35.3 Å². The molecule has 0 saturated heterocycles. The van der Waals surface area contributed by atoms with E-state index in [4.69, 9.17) is 27.9 Å². The smallest absolute Gasteiger partial charge is 0.338 e. The quantitative estimate of drug-likeness (QED) is 0.759. The number of fused-ring (bicyclic) bond motifs is 1. The number of carbonyl (C=O) groups is 1. The van der Waals surface area contributed by atoms with E-state index in [1.54, 1.807) is 16.9 Å². The molecule has 5 nitrogen and oxygen atoms in total. The molecule has 25 heavy (non-hydrogen) atoms. The van der Waals surface area contributed by atoms with Crippen molar-refractivity contribution in [2.45, 2.75) is 39.3 Å². The lowest BCUT2D eigenvalue weighted by atomic mass is 9.95. The summed E-state index contributed by atoms with van der Waals surface area (Å²) in [5.74, 6) is 0.233. The molecule has 0 spiro atoms. The van der Waals surface area contributed by atoms with Gasteiger partial charge in [0.25, 0.3) is 0 Å². The number of rotatable bonds is 2. The van der Waals surface area contributed by atoms with Gasteiger partial charge in [-0.2, -0.15) is 5.10 Å². The van der Waals surface area contributed by atoms with Gasteiger partial charge in [0.1, 0.15) is 22.5 Å². The van der Waals surface area contributed by atoms with Crippen LogP contribution in [0.15, 0.2) is 41.7 Å². The molecule has 0 aliphatic carbocycles. The Balaban J connectivity index is 2.15. The summed E-state index contributed by atoms with van der Waals surface area (Å²) in [6, 6.07) is 6.87. The minimum atomic E-state index is -0.606. The van der Waals surface area contributed by atoms with Crippen LogP contribution < -0.4 is 5.32 Å². The van der Waals surface area contributed by atoms with Crippen molar-refractivity contribution in [1.29, 1.82) is 0 Å². The van der Waals surface area contributed by atoms with Crippen LogP contribution >= 0.6 is 23.2 Å². The summed E-state index contributed by atoms with van der Waals surface area (Å²) in [4.78, 5) is 12.9. The second-order valence-electron chi connectivity index (χ2n) is 6.91. The Kier molecular flexibility index (Phi) is 4.56. The first-order valence-electron chi connectivity index (χ1n) is 7.87. The number of ether oxygens (including phenoxy) is 1. The third-order valence-corrected chi connectivity index (χ3v) is 4.27. The summed E-state index contributed by atoms with van der Waals surface area (Å²) >= 11 is 12.4. The minimum Gasteiger partial charge on any atom is -0.456 e. The van der Waals surface area contributed by atoms with Crippen molar-refractivity contribution in [2.24, 2.45) is 0 Å². The highest BCUT2D eigenvalue weighted by Crippen LogP contribution is 2.40. The molecule has 1 unspecified atom stereocenters. The number of anilines is 1. The molecule has 0 radical (unpaired) electrons. The van der Waals surface area contributed by atoms with Gasteiger partial charge in [0.2, 0.25) is 0 Å². The minimum absolute atomic E-state index is 0.403. The molecule has 0 saturated carbocycles. The normalized spacial score (nSPS) is 17.1. The highest BCUT2D eigenvalue weighted by Gasteiger charge is 2.36. The summed E-state index contributed by atoms with van der Waals surface area (Å²) in [6.45, 7) is 7.33. The number of benzene rings is 1. The zero-order valence-corrected chi connectivity index (χ0v) is 15.9. The monoisotopic (exact) mass is 379 g/mol. The van der Waals surface area contributed by atoms with E-state index in [2.05, 4.69) is 10.4 Å². The summed E-state index contributed by atoms with van der Waals surface area (Å²) in [5, 5.41) is 8.56. The fourth-order valence-electron chi connectivity index (χ4n) is 2.81. The van der Waals surface area contributed by atoms with Crippen molar-refractivity contribution in [2.75, 3.05) is 5.32 Å². The number of hydrogen-bond acceptors (Lipinski definition) is 4. The van der Waals surface area contributed by atoms with Crippen LogP contribution in [0.2, 0.25) is 10.0 Å². The van der Waals surface area contributed by atoms with Crippen LogP contribution in [0.3, 0.4) is 0 Å². The van der Waals surface area contributed by atoms with E-state index in [0.717, 1.165) is 5.56 Å². The van der Waals surface area contributed by atoms with Gasteiger partial charge in [-0.15, -0.1) is 0 Å². The standard InChI is InChI=1S/C18H19Cl2N3O2/c1-10-14(17(24)25-18(2,3)4)15(11-6-5-7-12(19)8-11)23-16(22-10)13(20)9-21-23/h5-9,15,22H,1-4H3. The molecule has 0 fully saturated rings. The van der Waals surface area contributed by atoms with Gasteiger partial charge < -0.3 is 10.1 Å². The lowest BCUT2D eigenvalue weighted by Gasteiger charge is -2.31. The molecule has 7 heteroatoms. The fourth-order valence-corrected chi connectivity index (χ4v) is 3.18. The zero-order valence-electron chi connectivity index (χ0n) is 14.4. The Morgan fingerprint density at radius 1 is 1.32 bits per heavy atom. The summed E-state index contributed by atoms with van der Waals surface area (Å²) in [7, 11) is 0. The van der Waals surface area contributed by atoms with Gasteiger partial charge in [-0.3, -0.25) is 0 Å². The molecule has 3 rings (SSSR count). The Morgan fingerprint density at radius 2 is 2.04 bits per heavy atom. The largest absolute Gasteiger partial charge is 0.456 e. The first-order valence-corrected chi connectivity index (χ1v) is 8.62. The van der Waals surface area contributed by atoms with E-state index in [-0.39, 0.29) is 0 Å². The molecule has 2 heterocycles. The molecule has 1 aliphatic heterocycles. The number of esters is 1. The lowest BCUT2D eigenvalue weighted by molar-refractivity contribution is -0.150. The number of halogens is 2. The third-order valence-electron chi connectivity index (χ3n) is 3.76. The molecular weight excluding hydrogens is 361 g/mol. The Labute approximate surface area is 156 Å². The Morgan fingerprint density at radius 3 is 2.68 bits per heavy atom. The lowest BCUT2D eigenvalue weighted by Crippen LogP contribution is -2.33. The third kappa shape index (κ3) is 3.53. The topological polar surface area (TPSA) is 56.2 Å². The predicted octanol–water partition coefficient (Wildman–Crippen LogP) is 4.82. The van der Waals surface area contributed by atoms with E-state index < -0.39 is 17.6 Å². The molecule has 1 aromatic carbocycles. The summed E-state index contributed by atoms with van der Waals surface area (Å²) in [5.41, 5.74) is 1.37. The van der Waals surface area contributed by atoms with Crippen molar-refractivity contribution in [3.8, 4) is 0 Å². The van der Waals surface area contributed by atoms with Crippen LogP contribution in [0.1, 0.15) is 39.3 Å². The maximum Gasteiger partial charge on any atom is 0.338 e. The molecule has 1 aromatic heterocycles. The molecule has 132 valence electrons. The zero-order chi connectivity index (χ0) is 18.4. The fraction of sp³-hybridized carbons (Fsp3) is 0.333. The summed E-state index contributed by atoms with van der Waals surface area (Å²) in [6.07, 6.45) is 1.55. The van der Waals surface area contributed by atoms with E-state index in [0.29, 0.717) is 27.1 Å². The van der Waals surface area contributed by atoms with E-state index in [9.17, 15) is 4.79 Å². The van der Waals surface area contributed by atoms with Crippen molar-refractivity contribution in [3.05, 3.63) is 57.3 Å². The summed E-state index contributed by atoms with van der Waals surface area (Å²) < 4.78 is 7.29. The number of carbonyl (C=O) groups excluding carboxylic acids is 1. The first kappa shape index (κ1) is 17.8. The molecule has 0 amide bonds. The van der Waals surface area contributed by atoms with Crippen LogP contribution in [0.4, 0.5) is 5.82 Å². The van der Waals surface area contributed by atoms with E-state index >= 15 is 0 Å². The van der Waals surface area contributed by atoms with Gasteiger partial charge in [0.15, 0.2) is 0 Å². The first-order chi connectivity index (χ1) is 11.7. The molecule has 2 aromatic rings. The van der Waals surface area contributed by atoms with Gasteiger partial charge in [0.05, 0.1) is 11.8 Å². The average molecular weight is 380 g/mol. The van der Waals surface area contributed by atoms with Crippen LogP contribution in [0, 0.1) is 0 Å². The van der Waals surface area contributed by atoms with Gasteiger partial charge in [-0.25, -0.2) is 9.48 Å². The average Bonchev–Trinajstić information content (AvgIpc) is 2.85. The van der Waals surface area contributed by atoms with Crippen molar-refractivity contribution in [1.82, 2.24) is 9.78 Å². The van der Waals surface area contributed by atoms with Crippen LogP contribution in [0.5, 0.6) is 0 Å². The second-order valence-corrected chi connectivity index (χ2v) is 7.75. The molecule has 1 N–H and O–H groups in total. The van der Waals surface area contributed by atoms with Crippen molar-refractivity contribution < 1.29 is 9.53 Å². The SMILES string of the molecule is CC1=C(C(=O)OC(C)(C)C)C(c2cccc(Cl)c2)n2ncc(Cl)c2N1. The second kappa shape index (κ2) is 6.39. The van der Waals surface area contributed by atoms with Crippen molar-refractivity contribution >= 4 is 35.0 Å². The highest BCUT2D eigenvalue weighted by atomic mass is 35.5. The molecule has 1 atom stereocenters. The predicted molar refractivity (Wildman–Crippen MR) is 99.0 cm³/mol. The number of hydrogen-bond donors (Lipinski definition) is 1. The van der Waals surface area contributed by atoms with Crippen LogP contribution in [0.25, 0.3) is 0 Å². The highest BCUT2D eigenvalue weighted by molar-refractivity contribution is 6.33. The number of aromatic nitrogens is 2. The maximum atomic E-state index is 12.9. The number of nitrogens with zero attached hydrogens (tertiary/aromatic N) is 2. The molecule has 0 bridgehead atoms. The van der Waals surface area contributed by atoms with Crippen LogP contribution in [-0.4, -0.2) is 21.4 Å². The molecule has 1 aliphatic rings. The number of allylic oxidation sites excluding steroid dienone is 1. The van der Waals surface area contributed by atoms with E-state index in [1.165, 1.54) is 0 Å². The Bertz CT molecular complexity index is 865. The van der Waals surface area contributed by atoms with E-state index in [1.807, 2.05) is 45.9 Å². The molecular formula is C18H19Cl2N3O2. The van der Waals surface area contributed by atoms with Crippen LogP contribution in [-0.2, 0) is 9.53 Å². The van der Waals surface area contributed by atoms with Gasteiger partial charge in [0, 0.05) is 10.7 Å². The van der Waals surface area contributed by atoms with Crippen molar-refractivity contribution in [3.63, 3.8) is 0 Å². The Hall–Kier alpha value is -1.98. The maximum absolute atomic E-state index is 12.9. The van der Waals surface area contributed by atoms with Gasteiger partial charge >= 0.3 is 5.97 Å².